The summed E-state index contributed by atoms with van der Waals surface area (Å²) >= 11 is 0. The standard InChI is InChI=1S/C21H27BO3/c1-20(2)21(3,4)25-22(24-20)19-13-17(23-14-15-8-7-9-15)12-16-10-5-6-11-18(16)19/h5-6,10-13,15H,7-9,14H2,1-4H3. The van der Waals surface area contributed by atoms with Crippen molar-refractivity contribution in [1.82, 2.24) is 0 Å². The van der Waals surface area contributed by atoms with Crippen molar-refractivity contribution in [3.05, 3.63) is 36.4 Å². The van der Waals surface area contributed by atoms with Crippen LogP contribution in [0.5, 0.6) is 5.75 Å². The smallest absolute Gasteiger partial charge is 0.493 e. The van der Waals surface area contributed by atoms with Gasteiger partial charge >= 0.3 is 7.12 Å². The molecule has 0 spiro atoms. The minimum atomic E-state index is -0.373. The zero-order chi connectivity index (χ0) is 17.7. The predicted molar refractivity (Wildman–Crippen MR) is 103 cm³/mol. The average molecular weight is 338 g/mol. The number of ether oxygens (including phenoxy) is 1. The highest BCUT2D eigenvalue weighted by molar-refractivity contribution is 6.65. The molecule has 0 unspecified atom stereocenters. The van der Waals surface area contributed by atoms with E-state index in [1.54, 1.807) is 0 Å². The van der Waals surface area contributed by atoms with Crippen LogP contribution in [0.2, 0.25) is 0 Å². The highest BCUT2D eigenvalue weighted by Gasteiger charge is 2.52. The lowest BCUT2D eigenvalue weighted by Crippen LogP contribution is -2.41. The molecule has 4 heteroatoms. The predicted octanol–water partition coefficient (Wildman–Crippen LogP) is 4.32. The number of rotatable bonds is 4. The zero-order valence-electron chi connectivity index (χ0n) is 15.7. The molecule has 25 heavy (non-hydrogen) atoms. The summed E-state index contributed by atoms with van der Waals surface area (Å²) in [5.74, 6) is 1.63. The van der Waals surface area contributed by atoms with Crippen LogP contribution in [-0.2, 0) is 9.31 Å². The first-order valence-electron chi connectivity index (χ1n) is 9.37. The van der Waals surface area contributed by atoms with E-state index < -0.39 is 0 Å². The quantitative estimate of drug-likeness (QED) is 0.777. The van der Waals surface area contributed by atoms with Gasteiger partial charge in [-0.25, -0.2) is 0 Å². The molecule has 0 radical (unpaired) electrons. The van der Waals surface area contributed by atoms with Crippen molar-refractivity contribution in [3.63, 3.8) is 0 Å². The van der Waals surface area contributed by atoms with Crippen LogP contribution in [0.25, 0.3) is 10.8 Å². The minimum absolute atomic E-state index is 0.346. The lowest BCUT2D eigenvalue weighted by Gasteiger charge is -2.32. The van der Waals surface area contributed by atoms with Crippen LogP contribution in [0.3, 0.4) is 0 Å². The number of hydrogen-bond acceptors (Lipinski definition) is 3. The van der Waals surface area contributed by atoms with E-state index in [-0.39, 0.29) is 18.3 Å². The van der Waals surface area contributed by atoms with Gasteiger partial charge in [0.1, 0.15) is 5.75 Å². The van der Waals surface area contributed by atoms with Crippen LogP contribution in [-0.4, -0.2) is 24.9 Å². The van der Waals surface area contributed by atoms with E-state index in [2.05, 4.69) is 64.1 Å². The van der Waals surface area contributed by atoms with Gasteiger partial charge in [-0.2, -0.15) is 0 Å². The van der Waals surface area contributed by atoms with Gasteiger partial charge in [0.15, 0.2) is 0 Å². The second-order valence-electron chi connectivity index (χ2n) is 8.43. The molecule has 132 valence electrons. The fraction of sp³-hybridized carbons (Fsp3) is 0.524. The van der Waals surface area contributed by atoms with Crippen LogP contribution in [0, 0.1) is 5.92 Å². The van der Waals surface area contributed by atoms with Gasteiger partial charge in [-0.15, -0.1) is 0 Å². The number of benzene rings is 2. The lowest BCUT2D eigenvalue weighted by molar-refractivity contribution is 0.00578. The Morgan fingerprint density at radius 2 is 1.72 bits per heavy atom. The summed E-state index contributed by atoms with van der Waals surface area (Å²) in [5.41, 5.74) is 0.365. The molecule has 2 aliphatic rings. The molecule has 0 aromatic heterocycles. The minimum Gasteiger partial charge on any atom is -0.493 e. The monoisotopic (exact) mass is 338 g/mol. The Bertz CT molecular complexity index is 764. The van der Waals surface area contributed by atoms with E-state index in [9.17, 15) is 0 Å². The van der Waals surface area contributed by atoms with Crippen molar-refractivity contribution in [2.45, 2.75) is 58.2 Å². The topological polar surface area (TPSA) is 27.7 Å². The van der Waals surface area contributed by atoms with Crippen molar-refractivity contribution >= 4 is 23.4 Å². The van der Waals surface area contributed by atoms with Crippen molar-refractivity contribution in [2.24, 2.45) is 5.92 Å². The fourth-order valence-electron chi connectivity index (χ4n) is 3.43. The second kappa shape index (κ2) is 6.03. The Morgan fingerprint density at radius 1 is 1.04 bits per heavy atom. The van der Waals surface area contributed by atoms with E-state index in [0.717, 1.165) is 23.2 Å². The molecule has 1 saturated carbocycles. The summed E-state index contributed by atoms with van der Waals surface area (Å²) in [7, 11) is -0.373. The third-order valence-corrected chi connectivity index (χ3v) is 6.08. The van der Waals surface area contributed by atoms with Gasteiger partial charge in [-0.1, -0.05) is 30.7 Å². The van der Waals surface area contributed by atoms with Crippen LogP contribution in [0.4, 0.5) is 0 Å². The maximum absolute atomic E-state index is 6.29. The van der Waals surface area contributed by atoms with Gasteiger partial charge in [0.2, 0.25) is 0 Å². The van der Waals surface area contributed by atoms with Crippen LogP contribution in [0.1, 0.15) is 47.0 Å². The largest absolute Gasteiger partial charge is 0.495 e. The lowest BCUT2D eigenvalue weighted by atomic mass is 9.76. The molecule has 1 aliphatic heterocycles. The van der Waals surface area contributed by atoms with E-state index in [1.807, 2.05) is 0 Å². The summed E-state index contributed by atoms with van der Waals surface area (Å²) in [4.78, 5) is 0. The molecule has 2 aromatic carbocycles. The molecule has 1 aliphatic carbocycles. The van der Waals surface area contributed by atoms with E-state index in [0.29, 0.717) is 5.92 Å². The first-order valence-corrected chi connectivity index (χ1v) is 9.37. The molecular formula is C21H27BO3. The van der Waals surface area contributed by atoms with Crippen molar-refractivity contribution in [3.8, 4) is 5.75 Å². The summed E-state index contributed by atoms with van der Waals surface area (Å²) in [6.45, 7) is 9.16. The molecule has 3 nitrogen and oxygen atoms in total. The van der Waals surface area contributed by atoms with Gasteiger partial charge < -0.3 is 14.0 Å². The molecule has 1 saturated heterocycles. The Hall–Kier alpha value is -1.52. The van der Waals surface area contributed by atoms with Gasteiger partial charge in [0, 0.05) is 0 Å². The first kappa shape index (κ1) is 16.9. The van der Waals surface area contributed by atoms with Gasteiger partial charge in [-0.05, 0) is 74.8 Å². The Labute approximate surface area is 150 Å². The molecule has 4 rings (SSSR count). The summed E-state index contributed by atoms with van der Waals surface area (Å²) in [6, 6.07) is 12.6. The maximum atomic E-state index is 6.29. The van der Waals surface area contributed by atoms with Gasteiger partial charge in [-0.3, -0.25) is 0 Å². The van der Waals surface area contributed by atoms with E-state index in [1.165, 1.54) is 24.6 Å². The number of hydrogen-bond donors (Lipinski definition) is 0. The molecule has 0 amide bonds. The molecule has 1 heterocycles. The van der Waals surface area contributed by atoms with Crippen molar-refractivity contribution < 1.29 is 14.0 Å². The Kier molecular flexibility index (Phi) is 4.08. The molecule has 2 fully saturated rings. The normalized spacial score (nSPS) is 22.2. The number of fused-ring (bicyclic) bond motifs is 1. The second-order valence-corrected chi connectivity index (χ2v) is 8.43. The summed E-state index contributed by atoms with van der Waals surface area (Å²) in [6.07, 6.45) is 3.92. The van der Waals surface area contributed by atoms with Gasteiger partial charge in [0.25, 0.3) is 0 Å². The molecule has 0 N–H and O–H groups in total. The van der Waals surface area contributed by atoms with Gasteiger partial charge in [0.05, 0.1) is 17.8 Å². The summed E-state index contributed by atoms with van der Waals surface area (Å²) < 4.78 is 18.7. The third kappa shape index (κ3) is 3.06. The van der Waals surface area contributed by atoms with Crippen molar-refractivity contribution in [2.75, 3.05) is 6.61 Å². The Balaban J connectivity index is 1.69. The zero-order valence-corrected chi connectivity index (χ0v) is 15.7. The fourth-order valence-corrected chi connectivity index (χ4v) is 3.43. The highest BCUT2D eigenvalue weighted by Crippen LogP contribution is 2.37. The molecule has 2 aromatic rings. The maximum Gasteiger partial charge on any atom is 0.495 e. The first-order chi connectivity index (χ1) is 11.9. The molecular weight excluding hydrogens is 311 g/mol. The van der Waals surface area contributed by atoms with E-state index >= 15 is 0 Å². The van der Waals surface area contributed by atoms with Crippen LogP contribution in [0.15, 0.2) is 36.4 Å². The highest BCUT2D eigenvalue weighted by atomic mass is 16.7. The molecule has 0 atom stereocenters. The van der Waals surface area contributed by atoms with Crippen LogP contribution < -0.4 is 10.2 Å². The van der Waals surface area contributed by atoms with E-state index in [4.69, 9.17) is 14.0 Å². The SMILES string of the molecule is CC1(C)OB(c2cc(OCC3CCC3)cc3ccccc23)OC1(C)C. The molecule has 0 bridgehead atoms. The third-order valence-electron chi connectivity index (χ3n) is 6.08. The van der Waals surface area contributed by atoms with Crippen LogP contribution >= 0.6 is 0 Å². The average Bonchev–Trinajstić information content (AvgIpc) is 2.73. The van der Waals surface area contributed by atoms with Crippen molar-refractivity contribution in [1.29, 1.82) is 0 Å². The Morgan fingerprint density at radius 3 is 2.36 bits per heavy atom. The summed E-state index contributed by atoms with van der Waals surface area (Å²) in [5, 5.41) is 2.33.